The summed E-state index contributed by atoms with van der Waals surface area (Å²) < 4.78 is 0. The first-order chi connectivity index (χ1) is 11.1. The van der Waals surface area contributed by atoms with Crippen molar-refractivity contribution in [2.45, 2.75) is 50.9 Å². The van der Waals surface area contributed by atoms with E-state index in [0.717, 1.165) is 23.3 Å². The molecule has 2 aromatic rings. The van der Waals surface area contributed by atoms with Gasteiger partial charge >= 0.3 is 0 Å². The molecule has 118 valence electrons. The Morgan fingerprint density at radius 2 is 1.43 bits per heavy atom. The molecule has 0 N–H and O–H groups in total. The highest BCUT2D eigenvalue weighted by Gasteiger charge is 2.51. The lowest BCUT2D eigenvalue weighted by Crippen LogP contribution is -2.48. The maximum absolute atomic E-state index is 11.6. The molecule has 2 aromatic carbocycles. The standard InChI is InChI=1S/C22H24O/c1-14(23)18-2-3-20-10-21(5-4-19(20)9-18)22-11-15-6-16(12-22)8-17(7-15)13-22/h2-5,9-10,15-17H,6-8,11-13H2,1H3. The van der Waals surface area contributed by atoms with Gasteiger partial charge in [0.1, 0.15) is 0 Å². The summed E-state index contributed by atoms with van der Waals surface area (Å²) in [7, 11) is 0. The monoisotopic (exact) mass is 304 g/mol. The van der Waals surface area contributed by atoms with E-state index in [0.29, 0.717) is 5.41 Å². The predicted octanol–water partition coefficient (Wildman–Crippen LogP) is 5.51. The molecule has 0 unspecified atom stereocenters. The van der Waals surface area contributed by atoms with E-state index in [4.69, 9.17) is 0 Å². The molecule has 4 bridgehead atoms. The van der Waals surface area contributed by atoms with Crippen LogP contribution < -0.4 is 0 Å². The summed E-state index contributed by atoms with van der Waals surface area (Å²) in [6.45, 7) is 1.64. The van der Waals surface area contributed by atoms with Crippen molar-refractivity contribution >= 4 is 16.6 Å². The highest BCUT2D eigenvalue weighted by molar-refractivity contribution is 5.98. The Kier molecular flexibility index (Phi) is 2.81. The Morgan fingerprint density at radius 1 is 0.870 bits per heavy atom. The Balaban J connectivity index is 1.58. The first-order valence-corrected chi connectivity index (χ1v) is 9.17. The average Bonchev–Trinajstić information content (AvgIpc) is 2.52. The number of rotatable bonds is 2. The molecular weight excluding hydrogens is 280 g/mol. The van der Waals surface area contributed by atoms with E-state index in [9.17, 15) is 4.79 Å². The molecule has 23 heavy (non-hydrogen) atoms. The van der Waals surface area contributed by atoms with Crippen LogP contribution in [0, 0.1) is 17.8 Å². The largest absolute Gasteiger partial charge is 0.295 e. The predicted molar refractivity (Wildman–Crippen MR) is 93.8 cm³/mol. The van der Waals surface area contributed by atoms with Gasteiger partial charge in [-0.15, -0.1) is 0 Å². The fourth-order valence-electron chi connectivity index (χ4n) is 6.26. The molecule has 4 aliphatic carbocycles. The van der Waals surface area contributed by atoms with E-state index < -0.39 is 0 Å². The summed E-state index contributed by atoms with van der Waals surface area (Å²) in [6.07, 6.45) is 8.72. The molecule has 0 saturated heterocycles. The average molecular weight is 304 g/mol. The van der Waals surface area contributed by atoms with Gasteiger partial charge in [-0.2, -0.15) is 0 Å². The zero-order chi connectivity index (χ0) is 15.6. The van der Waals surface area contributed by atoms with Crippen LogP contribution in [0.3, 0.4) is 0 Å². The minimum atomic E-state index is 0.150. The number of hydrogen-bond acceptors (Lipinski definition) is 1. The molecule has 6 rings (SSSR count). The summed E-state index contributed by atoms with van der Waals surface area (Å²) >= 11 is 0. The van der Waals surface area contributed by atoms with Gasteiger partial charge in [0.15, 0.2) is 5.78 Å². The highest BCUT2D eigenvalue weighted by Crippen LogP contribution is 2.60. The van der Waals surface area contributed by atoms with Crippen molar-refractivity contribution < 1.29 is 4.79 Å². The number of hydrogen-bond donors (Lipinski definition) is 0. The van der Waals surface area contributed by atoms with Gasteiger partial charge in [0.25, 0.3) is 0 Å². The zero-order valence-corrected chi connectivity index (χ0v) is 13.8. The van der Waals surface area contributed by atoms with Gasteiger partial charge in [0.05, 0.1) is 0 Å². The molecule has 4 saturated carbocycles. The van der Waals surface area contributed by atoms with Crippen LogP contribution in [0.4, 0.5) is 0 Å². The Morgan fingerprint density at radius 3 is 2.04 bits per heavy atom. The molecule has 0 aromatic heterocycles. The number of carbonyl (C=O) groups excluding carboxylic acids is 1. The van der Waals surface area contributed by atoms with E-state index in [1.807, 2.05) is 12.1 Å². The molecule has 4 aliphatic rings. The van der Waals surface area contributed by atoms with Crippen LogP contribution in [-0.4, -0.2) is 5.78 Å². The van der Waals surface area contributed by atoms with Crippen LogP contribution >= 0.6 is 0 Å². The maximum Gasteiger partial charge on any atom is 0.159 e. The van der Waals surface area contributed by atoms with Crippen LogP contribution in [-0.2, 0) is 5.41 Å². The highest BCUT2D eigenvalue weighted by atomic mass is 16.1. The maximum atomic E-state index is 11.6. The first kappa shape index (κ1) is 13.8. The molecular formula is C22H24O. The Bertz CT molecular complexity index is 765. The fourth-order valence-corrected chi connectivity index (χ4v) is 6.26. The van der Waals surface area contributed by atoms with Crippen LogP contribution in [0.5, 0.6) is 0 Å². The smallest absolute Gasteiger partial charge is 0.159 e. The third-order valence-corrected chi connectivity index (χ3v) is 6.90. The second-order valence-electron chi connectivity index (χ2n) is 8.53. The molecule has 4 fully saturated rings. The van der Waals surface area contributed by atoms with Gasteiger partial charge < -0.3 is 0 Å². The number of ketones is 1. The summed E-state index contributed by atoms with van der Waals surface area (Å²) in [5, 5.41) is 2.49. The molecule has 0 atom stereocenters. The fraction of sp³-hybridized carbons (Fsp3) is 0.500. The third-order valence-electron chi connectivity index (χ3n) is 6.90. The topological polar surface area (TPSA) is 17.1 Å². The van der Waals surface area contributed by atoms with E-state index in [2.05, 4.69) is 24.3 Å². The molecule has 0 spiro atoms. The van der Waals surface area contributed by atoms with Gasteiger partial charge in [-0.05, 0) is 91.0 Å². The van der Waals surface area contributed by atoms with Gasteiger partial charge in [0.2, 0.25) is 0 Å². The van der Waals surface area contributed by atoms with Crippen molar-refractivity contribution in [2.75, 3.05) is 0 Å². The zero-order valence-electron chi connectivity index (χ0n) is 13.8. The van der Waals surface area contributed by atoms with Crippen molar-refractivity contribution in [2.24, 2.45) is 17.8 Å². The molecule has 0 aliphatic heterocycles. The van der Waals surface area contributed by atoms with Gasteiger partial charge in [0, 0.05) is 5.56 Å². The van der Waals surface area contributed by atoms with Crippen molar-refractivity contribution in [3.05, 3.63) is 47.5 Å². The second-order valence-corrected chi connectivity index (χ2v) is 8.53. The van der Waals surface area contributed by atoms with Crippen LogP contribution in [0.1, 0.15) is 61.4 Å². The van der Waals surface area contributed by atoms with Gasteiger partial charge in [-0.1, -0.05) is 30.3 Å². The van der Waals surface area contributed by atoms with Gasteiger partial charge in [-0.25, -0.2) is 0 Å². The minimum absolute atomic E-state index is 0.150. The van der Waals surface area contributed by atoms with Crippen molar-refractivity contribution in [3.8, 4) is 0 Å². The lowest BCUT2D eigenvalue weighted by atomic mass is 9.48. The number of benzene rings is 2. The minimum Gasteiger partial charge on any atom is -0.295 e. The number of fused-ring (bicyclic) bond motifs is 1. The summed E-state index contributed by atoms with van der Waals surface area (Å²) in [5.41, 5.74) is 2.85. The lowest BCUT2D eigenvalue weighted by molar-refractivity contribution is -0.00513. The quantitative estimate of drug-likeness (QED) is 0.669. The van der Waals surface area contributed by atoms with Crippen LogP contribution in [0.2, 0.25) is 0 Å². The Hall–Kier alpha value is -1.63. The molecule has 0 heterocycles. The van der Waals surface area contributed by atoms with E-state index in [-0.39, 0.29) is 5.78 Å². The summed E-state index contributed by atoms with van der Waals surface area (Å²) in [5.74, 6) is 3.10. The van der Waals surface area contributed by atoms with E-state index in [1.54, 1.807) is 12.5 Å². The normalized spacial score (nSPS) is 34.9. The van der Waals surface area contributed by atoms with Crippen LogP contribution in [0.15, 0.2) is 36.4 Å². The number of Topliss-reactive ketones (excluding diaryl/α,β-unsaturated/α-hetero) is 1. The van der Waals surface area contributed by atoms with Gasteiger partial charge in [-0.3, -0.25) is 4.79 Å². The summed E-state index contributed by atoms with van der Waals surface area (Å²) in [4.78, 5) is 11.6. The SMILES string of the molecule is CC(=O)c1ccc2cc(C34CC5CC(CC(C5)C3)C4)ccc2c1. The lowest BCUT2D eigenvalue weighted by Gasteiger charge is -2.57. The second kappa shape index (κ2) is 4.69. The Labute approximate surface area is 138 Å². The van der Waals surface area contributed by atoms with E-state index in [1.165, 1.54) is 49.3 Å². The number of carbonyl (C=O) groups is 1. The first-order valence-electron chi connectivity index (χ1n) is 9.17. The molecule has 1 heteroatoms. The van der Waals surface area contributed by atoms with Crippen molar-refractivity contribution in [1.82, 2.24) is 0 Å². The van der Waals surface area contributed by atoms with E-state index >= 15 is 0 Å². The van der Waals surface area contributed by atoms with Crippen molar-refractivity contribution in [1.29, 1.82) is 0 Å². The van der Waals surface area contributed by atoms with Crippen LogP contribution in [0.25, 0.3) is 10.8 Å². The third kappa shape index (κ3) is 2.09. The molecule has 1 nitrogen and oxygen atoms in total. The summed E-state index contributed by atoms with van der Waals surface area (Å²) in [6, 6.07) is 13.2. The van der Waals surface area contributed by atoms with Crippen molar-refractivity contribution in [3.63, 3.8) is 0 Å². The molecule has 0 amide bonds. The molecule has 0 radical (unpaired) electrons.